The Morgan fingerprint density at radius 3 is 2.55 bits per heavy atom. The van der Waals surface area contributed by atoms with Crippen LogP contribution in [0.15, 0.2) is 23.8 Å². The van der Waals surface area contributed by atoms with E-state index in [0.717, 1.165) is 5.92 Å². The van der Waals surface area contributed by atoms with Crippen LogP contribution in [0.3, 0.4) is 0 Å². The molecule has 0 saturated heterocycles. The molecule has 0 nitrogen and oxygen atoms in total. The van der Waals surface area contributed by atoms with Crippen molar-refractivity contribution >= 4 is 0 Å². The van der Waals surface area contributed by atoms with Gasteiger partial charge in [-0.05, 0) is 31.6 Å². The first kappa shape index (κ1) is 8.58. The Labute approximate surface area is 70.0 Å². The summed E-state index contributed by atoms with van der Waals surface area (Å²) in [6.45, 7) is 4.57. The maximum Gasteiger partial charge on any atom is -0.0205 e. The van der Waals surface area contributed by atoms with Gasteiger partial charge in [-0.25, -0.2) is 0 Å². The van der Waals surface area contributed by atoms with Crippen LogP contribution in [0.4, 0.5) is 0 Å². The Morgan fingerprint density at radius 2 is 2.09 bits per heavy atom. The molecule has 0 amide bonds. The molecule has 0 heterocycles. The maximum atomic E-state index is 2.31. The number of rotatable bonds is 3. The first-order valence-electron chi connectivity index (χ1n) is 4.74. The zero-order chi connectivity index (χ0) is 8.10. The third-order valence-electron chi connectivity index (χ3n) is 2.56. The van der Waals surface area contributed by atoms with Crippen LogP contribution in [0.1, 0.15) is 39.5 Å². The van der Waals surface area contributed by atoms with Crippen LogP contribution in [-0.4, -0.2) is 0 Å². The molecule has 0 fully saturated rings. The van der Waals surface area contributed by atoms with Gasteiger partial charge in [0.1, 0.15) is 0 Å². The molecule has 0 atom stereocenters. The van der Waals surface area contributed by atoms with Crippen LogP contribution >= 0.6 is 0 Å². The highest BCUT2D eigenvalue weighted by atomic mass is 14.1. The number of allylic oxidation sites excluding steroid dienone is 4. The molecular formula is C11H18. The summed E-state index contributed by atoms with van der Waals surface area (Å²) < 4.78 is 0. The third-order valence-corrected chi connectivity index (χ3v) is 2.56. The van der Waals surface area contributed by atoms with E-state index in [2.05, 4.69) is 32.1 Å². The highest BCUT2D eigenvalue weighted by molar-refractivity contribution is 5.19. The second-order valence-corrected chi connectivity index (χ2v) is 3.22. The minimum Gasteiger partial charge on any atom is -0.0842 e. The molecule has 0 aromatic heterocycles. The fraction of sp³-hybridized carbons (Fsp3) is 0.636. The summed E-state index contributed by atoms with van der Waals surface area (Å²) in [7, 11) is 0. The average molecular weight is 150 g/mol. The Balaban J connectivity index is 2.56. The summed E-state index contributed by atoms with van der Waals surface area (Å²) in [4.78, 5) is 0. The molecule has 0 bridgehead atoms. The van der Waals surface area contributed by atoms with Gasteiger partial charge in [0.15, 0.2) is 0 Å². The second-order valence-electron chi connectivity index (χ2n) is 3.22. The lowest BCUT2D eigenvalue weighted by Crippen LogP contribution is -2.02. The molecule has 11 heavy (non-hydrogen) atoms. The highest BCUT2D eigenvalue weighted by Crippen LogP contribution is 2.25. The fourth-order valence-electron chi connectivity index (χ4n) is 1.77. The van der Waals surface area contributed by atoms with Gasteiger partial charge in [-0.1, -0.05) is 37.6 Å². The van der Waals surface area contributed by atoms with Gasteiger partial charge >= 0.3 is 0 Å². The van der Waals surface area contributed by atoms with E-state index >= 15 is 0 Å². The molecule has 1 aliphatic rings. The Bertz CT molecular complexity index is 159. The Morgan fingerprint density at radius 1 is 1.36 bits per heavy atom. The first-order chi connectivity index (χ1) is 5.38. The molecule has 0 N–H and O–H groups in total. The molecule has 0 unspecified atom stereocenters. The molecule has 0 saturated carbocycles. The number of hydrogen-bond donors (Lipinski definition) is 0. The van der Waals surface area contributed by atoms with Gasteiger partial charge in [-0.3, -0.25) is 0 Å². The molecule has 0 aromatic rings. The molecule has 0 spiro atoms. The van der Waals surface area contributed by atoms with Crippen molar-refractivity contribution in [1.29, 1.82) is 0 Å². The molecule has 0 radical (unpaired) electrons. The molecule has 1 aliphatic carbocycles. The van der Waals surface area contributed by atoms with Crippen LogP contribution in [0.2, 0.25) is 0 Å². The van der Waals surface area contributed by atoms with E-state index in [4.69, 9.17) is 0 Å². The van der Waals surface area contributed by atoms with Gasteiger partial charge in [0.05, 0.1) is 0 Å². The monoisotopic (exact) mass is 150 g/mol. The smallest absolute Gasteiger partial charge is 0.0205 e. The largest absolute Gasteiger partial charge is 0.0842 e. The van der Waals surface area contributed by atoms with Crippen molar-refractivity contribution in [3.8, 4) is 0 Å². The van der Waals surface area contributed by atoms with Crippen molar-refractivity contribution in [2.24, 2.45) is 5.92 Å². The predicted octanol–water partition coefficient (Wildman–Crippen LogP) is 3.70. The average Bonchev–Trinajstić information content (AvgIpc) is 2.09. The summed E-state index contributed by atoms with van der Waals surface area (Å²) in [5.74, 6) is 0.847. The van der Waals surface area contributed by atoms with E-state index < -0.39 is 0 Å². The molecule has 0 aromatic carbocycles. The van der Waals surface area contributed by atoms with Crippen LogP contribution in [0.25, 0.3) is 0 Å². The van der Waals surface area contributed by atoms with E-state index in [1.54, 1.807) is 5.57 Å². The normalized spacial score (nSPS) is 17.2. The standard InChI is InChI=1S/C11H18/c1-3-10(4-2)11-8-6-5-7-9-11/h5-6,8,10H,3-4,7,9H2,1-2H3. The van der Waals surface area contributed by atoms with E-state index in [9.17, 15) is 0 Å². The predicted molar refractivity (Wildman–Crippen MR) is 50.5 cm³/mol. The van der Waals surface area contributed by atoms with Crippen LogP contribution in [-0.2, 0) is 0 Å². The quantitative estimate of drug-likeness (QED) is 0.575. The summed E-state index contributed by atoms with van der Waals surface area (Å²) in [5, 5.41) is 0. The zero-order valence-electron chi connectivity index (χ0n) is 7.64. The van der Waals surface area contributed by atoms with Crippen LogP contribution < -0.4 is 0 Å². The van der Waals surface area contributed by atoms with Gasteiger partial charge in [0.2, 0.25) is 0 Å². The summed E-state index contributed by atoms with van der Waals surface area (Å²) in [6.07, 6.45) is 11.9. The molecule has 0 heteroatoms. The van der Waals surface area contributed by atoms with Crippen LogP contribution in [0.5, 0.6) is 0 Å². The zero-order valence-corrected chi connectivity index (χ0v) is 7.64. The summed E-state index contributed by atoms with van der Waals surface area (Å²) >= 11 is 0. The minimum atomic E-state index is 0.847. The van der Waals surface area contributed by atoms with Crippen molar-refractivity contribution in [3.05, 3.63) is 23.8 Å². The van der Waals surface area contributed by atoms with Crippen LogP contribution in [0, 0.1) is 5.92 Å². The number of hydrogen-bond acceptors (Lipinski definition) is 0. The van der Waals surface area contributed by atoms with Crippen molar-refractivity contribution in [3.63, 3.8) is 0 Å². The molecular weight excluding hydrogens is 132 g/mol. The molecule has 1 rings (SSSR count). The van der Waals surface area contributed by atoms with Crippen molar-refractivity contribution in [2.45, 2.75) is 39.5 Å². The van der Waals surface area contributed by atoms with Gasteiger partial charge in [-0.15, -0.1) is 0 Å². The lowest BCUT2D eigenvalue weighted by molar-refractivity contribution is 0.549. The van der Waals surface area contributed by atoms with Gasteiger partial charge in [-0.2, -0.15) is 0 Å². The summed E-state index contributed by atoms with van der Waals surface area (Å²) in [6, 6.07) is 0. The first-order valence-corrected chi connectivity index (χ1v) is 4.74. The highest BCUT2D eigenvalue weighted by Gasteiger charge is 2.09. The summed E-state index contributed by atoms with van der Waals surface area (Å²) in [5.41, 5.74) is 1.66. The Hall–Kier alpha value is -0.520. The second kappa shape index (κ2) is 4.38. The molecule has 62 valence electrons. The molecule has 0 aliphatic heterocycles. The lowest BCUT2D eigenvalue weighted by atomic mass is 9.88. The SMILES string of the molecule is CCC(CC)C1=CC=CCC1. The third kappa shape index (κ3) is 2.21. The van der Waals surface area contributed by atoms with Gasteiger partial charge in [0, 0.05) is 0 Å². The van der Waals surface area contributed by atoms with Crippen molar-refractivity contribution in [2.75, 3.05) is 0 Å². The Kier molecular flexibility index (Phi) is 3.41. The van der Waals surface area contributed by atoms with E-state index in [0.29, 0.717) is 0 Å². The van der Waals surface area contributed by atoms with E-state index in [1.165, 1.54) is 25.7 Å². The van der Waals surface area contributed by atoms with E-state index in [1.807, 2.05) is 0 Å². The van der Waals surface area contributed by atoms with Gasteiger partial charge < -0.3 is 0 Å². The van der Waals surface area contributed by atoms with E-state index in [-0.39, 0.29) is 0 Å². The lowest BCUT2D eigenvalue weighted by Gasteiger charge is -2.17. The van der Waals surface area contributed by atoms with Gasteiger partial charge in [0.25, 0.3) is 0 Å². The van der Waals surface area contributed by atoms with Crippen molar-refractivity contribution in [1.82, 2.24) is 0 Å². The minimum absolute atomic E-state index is 0.847. The topological polar surface area (TPSA) is 0 Å². The fourth-order valence-corrected chi connectivity index (χ4v) is 1.77. The maximum absolute atomic E-state index is 2.31. The van der Waals surface area contributed by atoms with Crippen molar-refractivity contribution < 1.29 is 0 Å².